The number of hydrogen-bond donors (Lipinski definition) is 2. The van der Waals surface area contributed by atoms with Crippen LogP contribution in [0, 0.1) is 46.3 Å². The summed E-state index contributed by atoms with van der Waals surface area (Å²) in [5, 5.41) is 20.2. The highest BCUT2D eigenvalue weighted by Crippen LogP contribution is 2.78. The van der Waals surface area contributed by atoms with Crippen LogP contribution in [0.15, 0.2) is 12.2 Å². The van der Waals surface area contributed by atoms with Gasteiger partial charge in [-0.25, -0.2) is 0 Å². The van der Waals surface area contributed by atoms with Crippen molar-refractivity contribution in [3.05, 3.63) is 12.2 Å². The molecule has 4 aliphatic carbocycles. The maximum absolute atomic E-state index is 12.3. The van der Waals surface area contributed by atoms with E-state index in [1.807, 2.05) is 13.8 Å². The predicted octanol–water partition coefficient (Wildman–Crippen LogP) is 3.04. The molecule has 4 aliphatic rings. The predicted molar refractivity (Wildman–Crippen MR) is 80.0 cm³/mol. The zero-order valence-corrected chi connectivity index (χ0v) is 13.2. The normalized spacial score (nSPS) is 53.9. The molecule has 3 saturated carbocycles. The highest BCUT2D eigenvalue weighted by atomic mass is 16.4. The lowest BCUT2D eigenvalue weighted by Gasteiger charge is -2.53. The minimum atomic E-state index is -1.09. The third kappa shape index (κ3) is 1.17. The van der Waals surface area contributed by atoms with Crippen LogP contribution in [-0.4, -0.2) is 22.2 Å². The standard InChI is InChI=1S/C18H24O4/c1-3-17(15(19)20)11-8-12(18(17,4-2)16(21)22)14-10-6-5-9(7-10)13(11)14/h5-6,9-14H,3-4,7-8H2,1-2H3,(H,19,20)(H,21,22). The maximum atomic E-state index is 12.3. The zero-order chi connectivity index (χ0) is 15.9. The van der Waals surface area contributed by atoms with Crippen LogP contribution >= 0.6 is 0 Å². The number of aliphatic carboxylic acids is 2. The van der Waals surface area contributed by atoms with Crippen LogP contribution in [0.2, 0.25) is 0 Å². The minimum absolute atomic E-state index is 0.0287. The first-order valence-electron chi connectivity index (χ1n) is 8.60. The average Bonchev–Trinajstić information content (AvgIpc) is 3.21. The van der Waals surface area contributed by atoms with Gasteiger partial charge in [0, 0.05) is 0 Å². The van der Waals surface area contributed by atoms with Gasteiger partial charge in [0.05, 0.1) is 10.8 Å². The highest BCUT2D eigenvalue weighted by Gasteiger charge is 2.80. The number of hydrogen-bond acceptors (Lipinski definition) is 2. The molecule has 22 heavy (non-hydrogen) atoms. The molecule has 0 aromatic carbocycles. The highest BCUT2D eigenvalue weighted by molar-refractivity contribution is 5.89. The smallest absolute Gasteiger partial charge is 0.311 e. The van der Waals surface area contributed by atoms with Gasteiger partial charge in [-0.1, -0.05) is 26.0 Å². The van der Waals surface area contributed by atoms with Crippen LogP contribution in [0.4, 0.5) is 0 Å². The van der Waals surface area contributed by atoms with E-state index in [2.05, 4.69) is 12.2 Å². The Hall–Kier alpha value is -1.32. The van der Waals surface area contributed by atoms with E-state index in [1.165, 1.54) is 0 Å². The maximum Gasteiger partial charge on any atom is 0.311 e. The van der Waals surface area contributed by atoms with E-state index in [4.69, 9.17) is 0 Å². The van der Waals surface area contributed by atoms with Gasteiger partial charge in [0.1, 0.15) is 0 Å². The Balaban J connectivity index is 1.93. The SMILES string of the molecule is CCC1(C(=O)O)C2CC(C3C4C=CC(C4)C32)C1(CC)C(=O)O. The van der Waals surface area contributed by atoms with Crippen LogP contribution in [0.5, 0.6) is 0 Å². The molecule has 2 N–H and O–H groups in total. The summed E-state index contributed by atoms with van der Waals surface area (Å²) in [5.74, 6) is 0.0684. The fourth-order valence-corrected chi connectivity index (χ4v) is 7.50. The van der Waals surface area contributed by atoms with E-state index < -0.39 is 22.8 Å². The van der Waals surface area contributed by atoms with E-state index in [-0.39, 0.29) is 11.8 Å². The van der Waals surface area contributed by atoms with Gasteiger partial charge in [0.15, 0.2) is 0 Å². The van der Waals surface area contributed by atoms with Crippen LogP contribution in [-0.2, 0) is 9.59 Å². The molecule has 8 atom stereocenters. The van der Waals surface area contributed by atoms with Gasteiger partial charge in [-0.3, -0.25) is 9.59 Å². The largest absolute Gasteiger partial charge is 0.481 e. The molecule has 4 nitrogen and oxygen atoms in total. The molecule has 0 aromatic rings. The van der Waals surface area contributed by atoms with Crippen LogP contribution < -0.4 is 0 Å². The Morgan fingerprint density at radius 2 is 1.32 bits per heavy atom. The second-order valence-corrected chi connectivity index (χ2v) is 7.81. The molecule has 4 bridgehead atoms. The van der Waals surface area contributed by atoms with Gasteiger partial charge in [-0.15, -0.1) is 0 Å². The molecule has 4 rings (SSSR count). The van der Waals surface area contributed by atoms with E-state index in [0.717, 1.165) is 12.8 Å². The lowest BCUT2D eigenvalue weighted by Crippen LogP contribution is -2.60. The molecule has 0 saturated heterocycles. The summed E-state index contributed by atoms with van der Waals surface area (Å²) in [7, 11) is 0. The summed E-state index contributed by atoms with van der Waals surface area (Å²) < 4.78 is 0. The summed E-state index contributed by atoms with van der Waals surface area (Å²) in [6.07, 6.45) is 7.29. The molecule has 4 heteroatoms. The number of rotatable bonds is 4. The first kappa shape index (κ1) is 14.3. The van der Waals surface area contributed by atoms with Gasteiger partial charge in [-0.2, -0.15) is 0 Å². The summed E-state index contributed by atoms with van der Waals surface area (Å²) >= 11 is 0. The zero-order valence-electron chi connectivity index (χ0n) is 13.2. The molecular weight excluding hydrogens is 280 g/mol. The molecule has 0 heterocycles. The molecule has 0 spiro atoms. The molecule has 0 radical (unpaired) electrons. The number of carboxylic acid groups (broad SMARTS) is 2. The minimum Gasteiger partial charge on any atom is -0.481 e. The Morgan fingerprint density at radius 1 is 0.909 bits per heavy atom. The molecular formula is C18H24O4. The average molecular weight is 304 g/mol. The fourth-order valence-electron chi connectivity index (χ4n) is 7.50. The number of carbonyl (C=O) groups is 2. The number of allylic oxidation sites excluding steroid dienone is 2. The fraction of sp³-hybridized carbons (Fsp3) is 0.778. The third-order valence-corrected chi connectivity index (χ3v) is 7.96. The van der Waals surface area contributed by atoms with Crippen molar-refractivity contribution in [3.63, 3.8) is 0 Å². The lowest BCUT2D eigenvalue weighted by molar-refractivity contribution is -0.190. The van der Waals surface area contributed by atoms with E-state index in [0.29, 0.717) is 36.5 Å². The van der Waals surface area contributed by atoms with Crippen molar-refractivity contribution in [2.24, 2.45) is 46.3 Å². The van der Waals surface area contributed by atoms with Crippen LogP contribution in [0.1, 0.15) is 39.5 Å². The van der Waals surface area contributed by atoms with Gasteiger partial charge in [-0.05, 0) is 61.2 Å². The van der Waals surface area contributed by atoms with Gasteiger partial charge < -0.3 is 10.2 Å². The summed E-state index contributed by atoms with van der Waals surface area (Å²) in [5.41, 5.74) is -2.17. The lowest BCUT2D eigenvalue weighted by atomic mass is 9.48. The molecule has 0 aromatic heterocycles. The van der Waals surface area contributed by atoms with Gasteiger partial charge >= 0.3 is 11.9 Å². The van der Waals surface area contributed by atoms with E-state index in [9.17, 15) is 19.8 Å². The first-order chi connectivity index (χ1) is 10.5. The Bertz CT molecular complexity index is 534. The molecule has 0 aliphatic heterocycles. The van der Waals surface area contributed by atoms with Crippen LogP contribution in [0.25, 0.3) is 0 Å². The monoisotopic (exact) mass is 304 g/mol. The van der Waals surface area contributed by atoms with Crippen molar-refractivity contribution in [2.45, 2.75) is 39.5 Å². The van der Waals surface area contributed by atoms with Gasteiger partial charge in [0.25, 0.3) is 0 Å². The number of fused-ring (bicyclic) bond motifs is 9. The second-order valence-electron chi connectivity index (χ2n) is 7.81. The Labute approximate surface area is 130 Å². The van der Waals surface area contributed by atoms with Crippen molar-refractivity contribution in [2.75, 3.05) is 0 Å². The Kier molecular flexibility index (Phi) is 2.69. The quantitative estimate of drug-likeness (QED) is 0.618. The second kappa shape index (κ2) is 4.15. The third-order valence-electron chi connectivity index (χ3n) is 7.96. The van der Waals surface area contributed by atoms with E-state index in [1.54, 1.807) is 0 Å². The molecule has 120 valence electrons. The van der Waals surface area contributed by atoms with Crippen molar-refractivity contribution in [3.8, 4) is 0 Å². The van der Waals surface area contributed by atoms with Crippen molar-refractivity contribution >= 4 is 11.9 Å². The number of carboxylic acids is 2. The first-order valence-corrected chi connectivity index (χ1v) is 8.60. The van der Waals surface area contributed by atoms with E-state index >= 15 is 0 Å². The Morgan fingerprint density at radius 3 is 1.64 bits per heavy atom. The summed E-state index contributed by atoms with van der Waals surface area (Å²) in [6, 6.07) is 0. The van der Waals surface area contributed by atoms with Crippen molar-refractivity contribution in [1.82, 2.24) is 0 Å². The van der Waals surface area contributed by atoms with Crippen LogP contribution in [0.3, 0.4) is 0 Å². The molecule has 8 unspecified atom stereocenters. The van der Waals surface area contributed by atoms with Gasteiger partial charge in [0.2, 0.25) is 0 Å². The topological polar surface area (TPSA) is 74.6 Å². The molecule has 0 amide bonds. The summed E-state index contributed by atoms with van der Waals surface area (Å²) in [4.78, 5) is 24.7. The van der Waals surface area contributed by atoms with Crippen molar-refractivity contribution < 1.29 is 19.8 Å². The summed E-state index contributed by atoms with van der Waals surface area (Å²) in [6.45, 7) is 3.75. The molecule has 3 fully saturated rings. The van der Waals surface area contributed by atoms with Crippen molar-refractivity contribution in [1.29, 1.82) is 0 Å².